The van der Waals surface area contributed by atoms with Gasteiger partial charge in [0.25, 0.3) is 0 Å². The van der Waals surface area contributed by atoms with Gasteiger partial charge in [-0.3, -0.25) is 0 Å². The first-order valence-corrected chi connectivity index (χ1v) is 21.6. The Bertz CT molecular complexity index is 2930. The predicted octanol–water partition coefficient (Wildman–Crippen LogP) is 16.5. The molecular weight excluding hydrogens is 697 g/mol. The fourth-order valence-electron chi connectivity index (χ4n) is 11.0. The molecule has 0 unspecified atom stereocenters. The lowest BCUT2D eigenvalue weighted by Gasteiger charge is -2.31. The zero-order valence-corrected chi connectivity index (χ0v) is 36.1. The molecule has 0 saturated heterocycles. The van der Waals surface area contributed by atoms with E-state index in [0.29, 0.717) is 0 Å². The first-order chi connectivity index (χ1) is 27.7. The van der Waals surface area contributed by atoms with Gasteiger partial charge >= 0.3 is 0 Å². The van der Waals surface area contributed by atoms with Crippen molar-refractivity contribution in [2.45, 2.75) is 104 Å². The molecule has 0 spiro atoms. The smallest absolute Gasteiger partial charge is 0.0216 e. The number of benzene rings is 8. The van der Waals surface area contributed by atoms with Gasteiger partial charge in [-0.15, -0.1) is 0 Å². The highest BCUT2D eigenvalue weighted by molar-refractivity contribution is 6.27. The van der Waals surface area contributed by atoms with Crippen molar-refractivity contribution in [1.82, 2.24) is 0 Å². The van der Waals surface area contributed by atoms with Crippen LogP contribution in [0.25, 0.3) is 76.8 Å². The maximum atomic E-state index is 2.52. The maximum absolute atomic E-state index is 2.52. The Labute approximate surface area is 346 Å². The van der Waals surface area contributed by atoms with E-state index < -0.39 is 0 Å². The molecule has 0 aliphatic heterocycles. The summed E-state index contributed by atoms with van der Waals surface area (Å²) in [6.45, 7) is 23.6. The molecule has 0 atom stereocenters. The van der Waals surface area contributed by atoms with Crippen molar-refractivity contribution in [2.24, 2.45) is 0 Å². The van der Waals surface area contributed by atoms with Crippen LogP contribution in [-0.2, 0) is 21.7 Å². The molecule has 2 aliphatic carbocycles. The summed E-state index contributed by atoms with van der Waals surface area (Å²) in [5.41, 5.74) is 19.3. The molecule has 288 valence electrons. The van der Waals surface area contributed by atoms with Gasteiger partial charge in [-0.1, -0.05) is 184 Å². The van der Waals surface area contributed by atoms with Crippen LogP contribution in [0.2, 0.25) is 0 Å². The monoisotopic (exact) mass is 752 g/mol. The van der Waals surface area contributed by atoms with Crippen molar-refractivity contribution in [3.05, 3.63) is 167 Å². The fraction of sp³-hybridized carbons (Fsp3) is 0.276. The molecule has 0 heteroatoms. The van der Waals surface area contributed by atoms with E-state index in [2.05, 4.69) is 203 Å². The summed E-state index contributed by atoms with van der Waals surface area (Å²) < 4.78 is 0. The summed E-state index contributed by atoms with van der Waals surface area (Å²) in [6, 6.07) is 52.1. The Hall–Kier alpha value is -5.46. The lowest BCUT2D eigenvalue weighted by Crippen LogP contribution is -2.23. The Balaban J connectivity index is 1.14. The summed E-state index contributed by atoms with van der Waals surface area (Å²) in [7, 11) is 0. The summed E-state index contributed by atoms with van der Waals surface area (Å²) in [6.07, 6.45) is 2.12. The normalized spacial score (nSPS) is 15.1. The molecule has 10 rings (SSSR count). The van der Waals surface area contributed by atoms with Crippen LogP contribution in [0.3, 0.4) is 0 Å². The van der Waals surface area contributed by atoms with Crippen LogP contribution in [0.1, 0.15) is 115 Å². The minimum atomic E-state index is -0.0711. The predicted molar refractivity (Wildman–Crippen MR) is 252 cm³/mol. The zero-order chi connectivity index (χ0) is 40.5. The van der Waals surface area contributed by atoms with E-state index in [9.17, 15) is 0 Å². The summed E-state index contributed by atoms with van der Waals surface area (Å²) in [4.78, 5) is 0. The van der Waals surface area contributed by atoms with Crippen molar-refractivity contribution < 1.29 is 0 Å². The van der Waals surface area contributed by atoms with Crippen molar-refractivity contribution >= 4 is 32.3 Å². The second-order valence-electron chi connectivity index (χ2n) is 20.0. The third-order valence-corrected chi connectivity index (χ3v) is 14.4. The Morgan fingerprint density at radius 3 is 1.29 bits per heavy atom. The van der Waals surface area contributed by atoms with E-state index in [4.69, 9.17) is 0 Å². The quantitative estimate of drug-likeness (QED) is 0.157. The highest BCUT2D eigenvalue weighted by Gasteiger charge is 2.43. The molecule has 0 N–H and O–H groups in total. The Morgan fingerprint density at radius 2 is 0.810 bits per heavy atom. The number of fused-ring (bicyclic) bond motifs is 13. The molecule has 0 nitrogen and oxygen atoms in total. The van der Waals surface area contributed by atoms with Crippen LogP contribution >= 0.6 is 0 Å². The van der Waals surface area contributed by atoms with E-state index in [1.807, 2.05) is 0 Å². The van der Waals surface area contributed by atoms with E-state index in [0.717, 1.165) is 12.8 Å². The number of hydrogen-bond donors (Lipinski definition) is 0. The van der Waals surface area contributed by atoms with Gasteiger partial charge in [0.2, 0.25) is 0 Å². The molecule has 0 saturated carbocycles. The Kier molecular flexibility index (Phi) is 7.96. The molecule has 0 heterocycles. The van der Waals surface area contributed by atoms with Crippen LogP contribution < -0.4 is 0 Å². The van der Waals surface area contributed by atoms with Gasteiger partial charge in [-0.05, 0) is 152 Å². The SMILES string of the molecule is CCC1(CC)c2ccc(-c3ccc4c(c3)-c3cc(-c5cc(C(C)(C)C)cc(C(C)(C)C)c5)ccc3C4(C)C)cc2-c2ccc3c4ccccc4c4ccccc4c3c21. The lowest BCUT2D eigenvalue weighted by atomic mass is 9.71. The van der Waals surface area contributed by atoms with Gasteiger partial charge in [-0.25, -0.2) is 0 Å². The van der Waals surface area contributed by atoms with E-state index in [1.165, 1.54) is 110 Å². The van der Waals surface area contributed by atoms with Crippen molar-refractivity contribution in [3.63, 3.8) is 0 Å². The van der Waals surface area contributed by atoms with Gasteiger partial charge in [0.15, 0.2) is 0 Å². The average molecular weight is 753 g/mol. The van der Waals surface area contributed by atoms with E-state index >= 15 is 0 Å². The molecule has 0 aromatic heterocycles. The summed E-state index contributed by atoms with van der Waals surface area (Å²) >= 11 is 0. The molecule has 0 radical (unpaired) electrons. The van der Waals surface area contributed by atoms with Gasteiger partial charge in [0.1, 0.15) is 0 Å². The lowest BCUT2D eigenvalue weighted by molar-refractivity contribution is 0.494. The highest BCUT2D eigenvalue weighted by Crippen LogP contribution is 2.58. The van der Waals surface area contributed by atoms with Gasteiger partial charge in [0, 0.05) is 10.8 Å². The maximum Gasteiger partial charge on any atom is 0.0216 e. The molecule has 58 heavy (non-hydrogen) atoms. The topological polar surface area (TPSA) is 0 Å². The van der Waals surface area contributed by atoms with Gasteiger partial charge in [-0.2, -0.15) is 0 Å². The Morgan fingerprint density at radius 1 is 0.397 bits per heavy atom. The van der Waals surface area contributed by atoms with Crippen LogP contribution in [-0.4, -0.2) is 0 Å². The first kappa shape index (κ1) is 36.9. The number of rotatable bonds is 4. The van der Waals surface area contributed by atoms with Crippen LogP contribution in [0.15, 0.2) is 133 Å². The van der Waals surface area contributed by atoms with Crippen molar-refractivity contribution in [1.29, 1.82) is 0 Å². The largest absolute Gasteiger partial charge is 0.0642 e. The zero-order valence-electron chi connectivity index (χ0n) is 36.1. The minimum absolute atomic E-state index is 0.0532. The molecular formula is C58H56. The average Bonchev–Trinajstić information content (AvgIpc) is 3.64. The standard InChI is InChI=1S/C58H56/c1-11-58(12-2)52-28-23-36(31-47(52)46-25-24-45-43-19-14-13-17-41(43)42-18-15-16-20-44(42)53(45)54(46)58)35-21-26-50-48(32-35)49-33-37(22-27-51(49)57(50,9)10)38-29-39(55(3,4)5)34-40(30-38)56(6,7)8/h13-34H,11-12H2,1-10H3. The van der Waals surface area contributed by atoms with Crippen LogP contribution in [0.5, 0.6) is 0 Å². The fourth-order valence-corrected chi connectivity index (χ4v) is 11.0. The van der Waals surface area contributed by atoms with Gasteiger partial charge in [0.05, 0.1) is 0 Å². The van der Waals surface area contributed by atoms with E-state index in [-0.39, 0.29) is 21.7 Å². The second-order valence-corrected chi connectivity index (χ2v) is 20.0. The summed E-state index contributed by atoms with van der Waals surface area (Å²) in [5, 5.41) is 8.19. The van der Waals surface area contributed by atoms with Crippen LogP contribution in [0.4, 0.5) is 0 Å². The molecule has 8 aromatic rings. The molecule has 8 aromatic carbocycles. The van der Waals surface area contributed by atoms with Crippen molar-refractivity contribution in [2.75, 3.05) is 0 Å². The van der Waals surface area contributed by atoms with E-state index in [1.54, 1.807) is 0 Å². The van der Waals surface area contributed by atoms with Crippen molar-refractivity contribution in [3.8, 4) is 44.5 Å². The third kappa shape index (κ3) is 5.19. The summed E-state index contributed by atoms with van der Waals surface area (Å²) in [5.74, 6) is 0. The van der Waals surface area contributed by atoms with Gasteiger partial charge < -0.3 is 0 Å². The second kappa shape index (κ2) is 12.5. The molecule has 0 bridgehead atoms. The molecule has 0 fully saturated rings. The molecule has 2 aliphatic rings. The third-order valence-electron chi connectivity index (χ3n) is 14.4. The minimum Gasteiger partial charge on any atom is -0.0642 e. The number of hydrogen-bond acceptors (Lipinski definition) is 0. The first-order valence-electron chi connectivity index (χ1n) is 21.6. The highest BCUT2D eigenvalue weighted by atomic mass is 14.5. The van der Waals surface area contributed by atoms with Crippen LogP contribution in [0, 0.1) is 0 Å². The molecule has 0 amide bonds.